The molecule has 0 amide bonds. The van der Waals surface area contributed by atoms with Gasteiger partial charge in [0.2, 0.25) is 0 Å². The van der Waals surface area contributed by atoms with E-state index in [0.29, 0.717) is 13.0 Å². The largest absolute Gasteiger partial charge is 0.312 e. The third-order valence-electron chi connectivity index (χ3n) is 2.94. The van der Waals surface area contributed by atoms with E-state index in [2.05, 4.69) is 15.4 Å². The fourth-order valence-electron chi connectivity index (χ4n) is 2.02. The lowest BCUT2D eigenvalue weighted by Gasteiger charge is -2.22. The molecule has 1 unspecified atom stereocenters. The molecular formula is C10H18N4O2S. The molecular weight excluding hydrogens is 240 g/mol. The van der Waals surface area contributed by atoms with Crippen molar-refractivity contribution in [3.63, 3.8) is 0 Å². The maximum absolute atomic E-state index is 11.5. The van der Waals surface area contributed by atoms with Crippen LogP contribution in [0.5, 0.6) is 0 Å². The highest BCUT2D eigenvalue weighted by Gasteiger charge is 2.25. The molecule has 96 valence electrons. The Kier molecular flexibility index (Phi) is 3.48. The van der Waals surface area contributed by atoms with Crippen LogP contribution in [0.15, 0.2) is 0 Å². The van der Waals surface area contributed by atoms with Crippen LogP contribution in [0.2, 0.25) is 0 Å². The van der Waals surface area contributed by atoms with E-state index in [0.717, 1.165) is 18.1 Å². The summed E-state index contributed by atoms with van der Waals surface area (Å²) in [5.41, 5.74) is 0. The number of nitrogens with one attached hydrogen (secondary N) is 1. The molecule has 0 bridgehead atoms. The van der Waals surface area contributed by atoms with Crippen LogP contribution in [0.25, 0.3) is 0 Å². The average molecular weight is 258 g/mol. The van der Waals surface area contributed by atoms with Crippen LogP contribution in [-0.2, 0) is 29.7 Å². The van der Waals surface area contributed by atoms with Crippen LogP contribution < -0.4 is 5.32 Å². The molecule has 1 aromatic rings. The Morgan fingerprint density at radius 1 is 1.53 bits per heavy atom. The minimum Gasteiger partial charge on any atom is -0.312 e. The van der Waals surface area contributed by atoms with Crippen molar-refractivity contribution in [3.8, 4) is 0 Å². The molecule has 1 saturated heterocycles. The first kappa shape index (κ1) is 12.5. The van der Waals surface area contributed by atoms with Gasteiger partial charge in [0.25, 0.3) is 0 Å². The number of hydrogen-bond acceptors (Lipinski definition) is 5. The van der Waals surface area contributed by atoms with Crippen molar-refractivity contribution in [3.05, 3.63) is 11.6 Å². The average Bonchev–Trinajstić information content (AvgIpc) is 2.58. The smallest absolute Gasteiger partial charge is 0.153 e. The summed E-state index contributed by atoms with van der Waals surface area (Å²) >= 11 is 0. The highest BCUT2D eigenvalue weighted by atomic mass is 32.2. The first-order valence-electron chi connectivity index (χ1n) is 5.83. The summed E-state index contributed by atoms with van der Waals surface area (Å²) in [6, 6.07) is -0.0404. The van der Waals surface area contributed by atoms with Crippen LogP contribution in [0.4, 0.5) is 0 Å². The van der Waals surface area contributed by atoms with E-state index in [9.17, 15) is 8.42 Å². The van der Waals surface area contributed by atoms with Crippen molar-refractivity contribution < 1.29 is 8.42 Å². The predicted octanol–water partition coefficient (Wildman–Crippen LogP) is -0.693. The van der Waals surface area contributed by atoms with E-state index in [4.69, 9.17) is 0 Å². The highest BCUT2D eigenvalue weighted by molar-refractivity contribution is 7.91. The second-order valence-electron chi connectivity index (χ2n) is 4.39. The van der Waals surface area contributed by atoms with E-state index >= 15 is 0 Å². The van der Waals surface area contributed by atoms with E-state index < -0.39 is 9.84 Å². The number of hydrogen-bond donors (Lipinski definition) is 1. The molecule has 1 aliphatic rings. The van der Waals surface area contributed by atoms with Crippen molar-refractivity contribution in [1.82, 2.24) is 20.1 Å². The van der Waals surface area contributed by atoms with Crippen LogP contribution in [0.3, 0.4) is 0 Å². The van der Waals surface area contributed by atoms with Crippen molar-refractivity contribution in [2.45, 2.75) is 25.8 Å². The van der Waals surface area contributed by atoms with E-state index in [-0.39, 0.29) is 17.5 Å². The molecule has 1 aromatic heterocycles. The zero-order valence-corrected chi connectivity index (χ0v) is 11.0. The quantitative estimate of drug-likeness (QED) is 0.776. The Balaban J connectivity index is 2.07. The SMILES string of the molecule is CCc1nc(CC2CS(=O)(=O)CCN2)n(C)n1. The maximum Gasteiger partial charge on any atom is 0.153 e. The zero-order valence-electron chi connectivity index (χ0n) is 10.2. The van der Waals surface area contributed by atoms with Gasteiger partial charge in [-0.3, -0.25) is 4.68 Å². The molecule has 0 aromatic carbocycles. The zero-order chi connectivity index (χ0) is 12.5. The summed E-state index contributed by atoms with van der Waals surface area (Å²) in [5, 5.41) is 7.48. The number of sulfone groups is 1. The van der Waals surface area contributed by atoms with Gasteiger partial charge in [0.1, 0.15) is 5.82 Å². The fraction of sp³-hybridized carbons (Fsp3) is 0.800. The van der Waals surface area contributed by atoms with Gasteiger partial charge in [0.05, 0.1) is 11.5 Å². The van der Waals surface area contributed by atoms with Gasteiger partial charge in [0.15, 0.2) is 15.7 Å². The van der Waals surface area contributed by atoms with Gasteiger partial charge in [0, 0.05) is 32.5 Å². The molecule has 1 fully saturated rings. The molecule has 7 heteroatoms. The monoisotopic (exact) mass is 258 g/mol. The number of nitrogens with zero attached hydrogens (tertiary/aromatic N) is 3. The molecule has 17 heavy (non-hydrogen) atoms. The molecule has 0 radical (unpaired) electrons. The van der Waals surface area contributed by atoms with E-state index in [1.165, 1.54) is 0 Å². The number of aromatic nitrogens is 3. The fourth-order valence-corrected chi connectivity index (χ4v) is 3.47. The lowest BCUT2D eigenvalue weighted by molar-refractivity contribution is 0.500. The highest BCUT2D eigenvalue weighted by Crippen LogP contribution is 2.07. The molecule has 1 atom stereocenters. The first-order chi connectivity index (χ1) is 8.00. The number of rotatable bonds is 3. The van der Waals surface area contributed by atoms with Crippen molar-refractivity contribution in [1.29, 1.82) is 0 Å². The van der Waals surface area contributed by atoms with Crippen LogP contribution in [0.1, 0.15) is 18.6 Å². The lowest BCUT2D eigenvalue weighted by Crippen LogP contribution is -2.46. The second kappa shape index (κ2) is 4.73. The van der Waals surface area contributed by atoms with Gasteiger partial charge in [-0.2, -0.15) is 5.10 Å². The van der Waals surface area contributed by atoms with Crippen molar-refractivity contribution >= 4 is 9.84 Å². The van der Waals surface area contributed by atoms with Gasteiger partial charge in [-0.25, -0.2) is 13.4 Å². The number of aryl methyl sites for hydroxylation is 2. The molecule has 2 rings (SSSR count). The second-order valence-corrected chi connectivity index (χ2v) is 6.62. The van der Waals surface area contributed by atoms with Crippen molar-refractivity contribution in [2.75, 3.05) is 18.1 Å². The Morgan fingerprint density at radius 3 is 2.88 bits per heavy atom. The molecule has 0 saturated carbocycles. The minimum atomic E-state index is -2.88. The molecule has 1 aliphatic heterocycles. The van der Waals surface area contributed by atoms with Gasteiger partial charge in [-0.05, 0) is 0 Å². The van der Waals surface area contributed by atoms with Gasteiger partial charge in [-0.1, -0.05) is 6.92 Å². The Labute approximate surface area is 101 Å². The summed E-state index contributed by atoms with van der Waals surface area (Å²) in [6.07, 6.45) is 1.41. The Morgan fingerprint density at radius 2 is 2.29 bits per heavy atom. The summed E-state index contributed by atoms with van der Waals surface area (Å²) < 4.78 is 24.8. The van der Waals surface area contributed by atoms with Crippen LogP contribution >= 0.6 is 0 Å². The Bertz CT molecular complexity index is 494. The van der Waals surface area contributed by atoms with E-state index in [1.54, 1.807) is 4.68 Å². The van der Waals surface area contributed by atoms with E-state index in [1.807, 2.05) is 14.0 Å². The maximum atomic E-state index is 11.5. The van der Waals surface area contributed by atoms with Gasteiger partial charge < -0.3 is 5.32 Å². The first-order valence-corrected chi connectivity index (χ1v) is 7.65. The summed E-state index contributed by atoms with van der Waals surface area (Å²) in [6.45, 7) is 2.54. The predicted molar refractivity (Wildman–Crippen MR) is 64.5 cm³/mol. The summed E-state index contributed by atoms with van der Waals surface area (Å²) in [4.78, 5) is 4.39. The molecule has 0 spiro atoms. The Hall–Kier alpha value is -0.950. The molecule has 0 aliphatic carbocycles. The standard InChI is InChI=1S/C10H18N4O2S/c1-3-9-12-10(14(2)13-9)6-8-7-17(15,16)5-4-11-8/h8,11H,3-7H2,1-2H3. The molecule has 1 N–H and O–H groups in total. The van der Waals surface area contributed by atoms with Crippen LogP contribution in [0, 0.1) is 0 Å². The van der Waals surface area contributed by atoms with Crippen molar-refractivity contribution in [2.24, 2.45) is 7.05 Å². The minimum absolute atomic E-state index is 0.0404. The third kappa shape index (κ3) is 3.04. The summed E-state index contributed by atoms with van der Waals surface area (Å²) in [5.74, 6) is 2.08. The third-order valence-corrected chi connectivity index (χ3v) is 4.68. The normalized spacial score (nSPS) is 23.8. The van der Waals surface area contributed by atoms with Crippen LogP contribution in [-0.4, -0.2) is 47.3 Å². The van der Waals surface area contributed by atoms with Gasteiger partial charge in [-0.15, -0.1) is 0 Å². The molecule has 2 heterocycles. The topological polar surface area (TPSA) is 76.9 Å². The lowest BCUT2D eigenvalue weighted by atomic mass is 10.2. The molecule has 6 nitrogen and oxygen atoms in total. The summed E-state index contributed by atoms with van der Waals surface area (Å²) in [7, 11) is -1.04. The van der Waals surface area contributed by atoms with Gasteiger partial charge >= 0.3 is 0 Å².